The SMILES string of the molecule is C[C@H](N)C(N)=O.C[C@H](Nc1cc(C(=O)OC(C)(C)C)nc(Cl)n1)C(N)=O.Cl.[CH2+]C(C)(C)OC(=O)c1cc(Cl)nc(Cl)n1. The monoisotopic (exact) mass is 671 g/mol. The molecule has 14 nitrogen and oxygen atoms in total. The maximum atomic E-state index is 11.9. The van der Waals surface area contributed by atoms with Gasteiger partial charge in [-0.25, -0.2) is 29.5 Å². The highest BCUT2D eigenvalue weighted by Gasteiger charge is 2.25. The summed E-state index contributed by atoms with van der Waals surface area (Å²) in [6.45, 7) is 15.2. The number of nitrogens with two attached hydrogens (primary N) is 3. The lowest BCUT2D eigenvalue weighted by atomic mass is 10.2. The van der Waals surface area contributed by atoms with Gasteiger partial charge in [-0.05, 0) is 57.8 Å². The van der Waals surface area contributed by atoms with Crippen molar-refractivity contribution in [2.24, 2.45) is 17.2 Å². The molecule has 0 bridgehead atoms. The second kappa shape index (κ2) is 17.7. The van der Waals surface area contributed by atoms with Gasteiger partial charge in [-0.15, -0.1) is 12.4 Å². The van der Waals surface area contributed by atoms with E-state index in [1.165, 1.54) is 12.1 Å². The number of carbonyl (C=O) groups excluding carboxylic acids is 4. The molecule has 0 aliphatic heterocycles. The summed E-state index contributed by atoms with van der Waals surface area (Å²) in [6, 6.07) is 1.46. The number of nitrogens with one attached hydrogen (secondary N) is 1. The van der Waals surface area contributed by atoms with Crippen LogP contribution in [0.3, 0.4) is 0 Å². The Morgan fingerprint density at radius 2 is 1.26 bits per heavy atom. The van der Waals surface area contributed by atoms with E-state index in [1.54, 1.807) is 48.5 Å². The summed E-state index contributed by atoms with van der Waals surface area (Å²) in [5, 5.41) is 2.58. The molecule has 0 spiro atoms. The zero-order valence-corrected chi connectivity index (χ0v) is 27.1. The Balaban J connectivity index is 0. The second-order valence-electron chi connectivity index (χ2n) is 9.86. The average Bonchev–Trinajstić information content (AvgIpc) is 2.76. The van der Waals surface area contributed by atoms with Crippen molar-refractivity contribution in [3.05, 3.63) is 46.2 Å². The van der Waals surface area contributed by atoms with Gasteiger partial charge >= 0.3 is 11.9 Å². The zero-order chi connectivity index (χ0) is 32.3. The molecule has 0 saturated carbocycles. The van der Waals surface area contributed by atoms with Crippen molar-refractivity contribution in [2.75, 3.05) is 5.32 Å². The van der Waals surface area contributed by atoms with Crippen LogP contribution in [0.15, 0.2) is 12.1 Å². The molecule has 2 amide bonds. The predicted octanol–water partition coefficient (Wildman–Crippen LogP) is 3.16. The van der Waals surface area contributed by atoms with Gasteiger partial charge < -0.3 is 32.0 Å². The summed E-state index contributed by atoms with van der Waals surface area (Å²) in [5.41, 5.74) is 13.3. The predicted molar refractivity (Wildman–Crippen MR) is 161 cm³/mol. The summed E-state index contributed by atoms with van der Waals surface area (Å²) in [4.78, 5) is 59.1. The minimum atomic E-state index is -0.832. The third-order valence-corrected chi connectivity index (χ3v) is 4.32. The molecular formula is C24H35Cl4N8O6+. The first kappa shape index (κ1) is 41.0. The number of aromatic nitrogens is 4. The fraction of sp³-hybridized carbons (Fsp3) is 0.458. The Morgan fingerprint density at radius 1 is 0.833 bits per heavy atom. The minimum Gasteiger partial charge on any atom is -0.455 e. The normalized spacial score (nSPS) is 12.0. The summed E-state index contributed by atoms with van der Waals surface area (Å²) >= 11 is 16.9. The van der Waals surface area contributed by atoms with Gasteiger partial charge in [0.2, 0.25) is 28.0 Å². The summed E-state index contributed by atoms with van der Waals surface area (Å²) in [6.07, 6.45) is 0. The van der Waals surface area contributed by atoms with Crippen LogP contribution >= 0.6 is 47.2 Å². The van der Waals surface area contributed by atoms with Crippen LogP contribution < -0.4 is 22.5 Å². The zero-order valence-electron chi connectivity index (χ0n) is 24.0. The van der Waals surface area contributed by atoms with Crippen LogP contribution in [0.2, 0.25) is 15.7 Å². The fourth-order valence-corrected chi connectivity index (χ4v) is 2.61. The molecule has 0 unspecified atom stereocenters. The van der Waals surface area contributed by atoms with Gasteiger partial charge in [-0.1, -0.05) is 11.6 Å². The lowest BCUT2D eigenvalue weighted by Crippen LogP contribution is -2.33. The van der Waals surface area contributed by atoms with E-state index in [2.05, 4.69) is 37.9 Å². The van der Waals surface area contributed by atoms with Gasteiger partial charge in [-0.3, -0.25) is 9.59 Å². The number of ether oxygens (including phenoxy) is 2. The van der Waals surface area contributed by atoms with Gasteiger partial charge in [0.15, 0.2) is 11.4 Å². The number of amides is 2. The van der Waals surface area contributed by atoms with E-state index in [9.17, 15) is 19.2 Å². The Bertz CT molecular complexity index is 1220. The number of esters is 2. The molecule has 2 heterocycles. The van der Waals surface area contributed by atoms with Crippen molar-refractivity contribution in [2.45, 2.75) is 71.8 Å². The van der Waals surface area contributed by atoms with E-state index < -0.39 is 47.0 Å². The molecule has 0 aromatic carbocycles. The Morgan fingerprint density at radius 3 is 1.64 bits per heavy atom. The molecule has 2 aromatic rings. The first-order valence-electron chi connectivity index (χ1n) is 11.7. The Hall–Kier alpha value is -3.17. The quantitative estimate of drug-likeness (QED) is 0.144. The molecule has 0 aliphatic rings. The van der Waals surface area contributed by atoms with Gasteiger partial charge in [0.05, 0.1) is 6.04 Å². The average molecular weight is 673 g/mol. The van der Waals surface area contributed by atoms with E-state index in [1.807, 2.05) is 0 Å². The third-order valence-electron chi connectivity index (χ3n) is 3.79. The van der Waals surface area contributed by atoms with E-state index in [0.29, 0.717) is 0 Å². The van der Waals surface area contributed by atoms with Crippen LogP contribution in [0.25, 0.3) is 0 Å². The molecule has 0 aliphatic carbocycles. The van der Waals surface area contributed by atoms with Gasteiger partial charge in [0, 0.05) is 26.0 Å². The number of anilines is 1. The van der Waals surface area contributed by atoms with Gasteiger partial charge in [0.25, 0.3) is 0 Å². The molecule has 0 saturated heterocycles. The Kier molecular flexibility index (Phi) is 17.3. The Labute approximate surface area is 265 Å². The lowest BCUT2D eigenvalue weighted by Gasteiger charge is -2.19. The highest BCUT2D eigenvalue weighted by atomic mass is 35.5. The van der Waals surface area contributed by atoms with Gasteiger partial charge in [0.1, 0.15) is 29.5 Å². The standard InChI is InChI=1S/C12H17ClN4O3.C9H9Cl2N2O2.C3H8N2O.ClH/c1-6(9(14)18)15-8-5-7(16-11(13)17-8)10(19)20-12(2,3)4;1-9(2,3)15-7(14)5-4-6(10)13-8(11)12-5;1-2(4)3(5)6;/h5-6H,1-4H3,(H2,14,18)(H,15,16,17);4H,1H2,2-3H3;2H,4H2,1H3,(H2,5,6);1H/q;+1;;/t6-;;2-;/m0.0./s1. The molecule has 18 heteroatoms. The molecule has 2 aromatic heterocycles. The molecule has 2 rings (SSSR count). The topological polar surface area (TPSA) is 228 Å². The van der Waals surface area contributed by atoms with Crippen LogP contribution in [0, 0.1) is 6.92 Å². The number of carbonyl (C=O) groups is 4. The van der Waals surface area contributed by atoms with Crippen LogP contribution in [-0.2, 0) is 19.1 Å². The highest BCUT2D eigenvalue weighted by molar-refractivity contribution is 6.32. The third kappa shape index (κ3) is 18.3. The number of rotatable bonds is 7. The number of hydrogen-bond donors (Lipinski definition) is 4. The lowest BCUT2D eigenvalue weighted by molar-refractivity contribution is -0.119. The van der Waals surface area contributed by atoms with Crippen LogP contribution in [0.4, 0.5) is 5.82 Å². The summed E-state index contributed by atoms with van der Waals surface area (Å²) in [5.74, 6) is -2.07. The highest BCUT2D eigenvalue weighted by Crippen LogP contribution is 2.16. The first-order chi connectivity index (χ1) is 18.5. The molecular weight excluding hydrogens is 638 g/mol. The largest absolute Gasteiger partial charge is 0.455 e. The van der Waals surface area contributed by atoms with Crippen LogP contribution in [-0.4, -0.2) is 67.0 Å². The molecule has 7 N–H and O–H groups in total. The van der Waals surface area contributed by atoms with Crippen LogP contribution in [0.5, 0.6) is 0 Å². The van der Waals surface area contributed by atoms with Crippen molar-refractivity contribution in [3.63, 3.8) is 0 Å². The summed E-state index contributed by atoms with van der Waals surface area (Å²) in [7, 11) is 0. The summed E-state index contributed by atoms with van der Waals surface area (Å²) < 4.78 is 10.2. The van der Waals surface area contributed by atoms with Crippen molar-refractivity contribution in [3.8, 4) is 0 Å². The van der Waals surface area contributed by atoms with E-state index >= 15 is 0 Å². The number of halogens is 4. The maximum absolute atomic E-state index is 11.9. The first-order valence-corrected chi connectivity index (χ1v) is 12.8. The minimum absolute atomic E-state index is 0. The van der Waals surface area contributed by atoms with E-state index in [4.69, 9.17) is 55.7 Å². The molecule has 234 valence electrons. The van der Waals surface area contributed by atoms with Crippen molar-refractivity contribution in [1.29, 1.82) is 0 Å². The maximum Gasteiger partial charge on any atom is 0.360 e. The fourth-order valence-electron chi connectivity index (χ4n) is 2.02. The van der Waals surface area contributed by atoms with Crippen molar-refractivity contribution < 1.29 is 28.7 Å². The number of hydrogen-bond acceptors (Lipinski definition) is 12. The van der Waals surface area contributed by atoms with E-state index in [-0.39, 0.29) is 45.3 Å². The molecule has 2 atom stereocenters. The smallest absolute Gasteiger partial charge is 0.360 e. The van der Waals surface area contributed by atoms with E-state index in [0.717, 1.165) is 0 Å². The van der Waals surface area contributed by atoms with Crippen LogP contribution in [0.1, 0.15) is 69.4 Å². The molecule has 0 radical (unpaired) electrons. The van der Waals surface area contributed by atoms with Crippen molar-refractivity contribution >= 4 is 76.8 Å². The molecule has 42 heavy (non-hydrogen) atoms. The second-order valence-corrected chi connectivity index (χ2v) is 10.9. The van der Waals surface area contributed by atoms with Gasteiger partial charge in [-0.2, -0.15) is 0 Å². The molecule has 0 fully saturated rings. The van der Waals surface area contributed by atoms with Crippen molar-refractivity contribution in [1.82, 2.24) is 19.9 Å². The number of nitrogens with zero attached hydrogens (tertiary/aromatic N) is 4. The number of primary amides is 2.